The van der Waals surface area contributed by atoms with Crippen LogP contribution in [-0.4, -0.2) is 179 Å². The number of carbonyl (C=O) groups is 3. The van der Waals surface area contributed by atoms with E-state index >= 15 is 0 Å². The molecule has 8 N–H and O–H groups in total. The van der Waals surface area contributed by atoms with E-state index in [1.54, 1.807) is 6.33 Å². The first-order valence-electron chi connectivity index (χ1n) is 29.9. The first kappa shape index (κ1) is 60.5. The highest BCUT2D eigenvalue weighted by Gasteiger charge is 2.33. The highest BCUT2D eigenvalue weighted by molar-refractivity contribution is 6.00. The van der Waals surface area contributed by atoms with Gasteiger partial charge in [-0.1, -0.05) is 72.8 Å². The molecule has 7 heterocycles. The van der Waals surface area contributed by atoms with E-state index in [0.717, 1.165) is 127 Å². The summed E-state index contributed by atoms with van der Waals surface area (Å²) in [7, 11) is 4.43. The van der Waals surface area contributed by atoms with Crippen LogP contribution in [0.1, 0.15) is 99.3 Å². The van der Waals surface area contributed by atoms with Gasteiger partial charge >= 0.3 is 0 Å². The van der Waals surface area contributed by atoms with Crippen molar-refractivity contribution >= 4 is 62.8 Å². The van der Waals surface area contributed by atoms with Gasteiger partial charge in [-0.2, -0.15) is 10.2 Å². The summed E-state index contributed by atoms with van der Waals surface area (Å²) in [6.45, 7) is 12.3. The van der Waals surface area contributed by atoms with Crippen LogP contribution in [0.2, 0.25) is 0 Å². The van der Waals surface area contributed by atoms with Crippen LogP contribution < -0.4 is 26.8 Å². The van der Waals surface area contributed by atoms with Crippen LogP contribution in [0.5, 0.6) is 5.75 Å². The number of anilines is 4. The number of hydrogen-bond donors (Lipinski definition) is 6. The van der Waals surface area contributed by atoms with Crippen LogP contribution in [-0.2, 0) is 9.59 Å². The number of para-hydroxylation sites is 1. The summed E-state index contributed by atoms with van der Waals surface area (Å²) in [5.41, 5.74) is 21.8. The quantitative estimate of drug-likeness (QED) is 0.0624. The van der Waals surface area contributed by atoms with Gasteiger partial charge in [-0.25, -0.2) is 29.3 Å². The van der Waals surface area contributed by atoms with Gasteiger partial charge in [0, 0.05) is 112 Å². The van der Waals surface area contributed by atoms with E-state index in [9.17, 15) is 4.79 Å². The van der Waals surface area contributed by atoms with Crippen molar-refractivity contribution in [3.05, 3.63) is 127 Å². The molecule has 22 nitrogen and oxygen atoms in total. The molecule has 2 saturated heterocycles. The van der Waals surface area contributed by atoms with E-state index in [-0.39, 0.29) is 18.4 Å². The molecule has 4 aromatic heterocycles. The van der Waals surface area contributed by atoms with Crippen molar-refractivity contribution in [2.45, 2.75) is 95.4 Å². The molecule has 3 aliphatic heterocycles. The Morgan fingerprint density at radius 3 is 1.43 bits per heavy atom. The maximum atomic E-state index is 12.5. The molecule has 13 rings (SSSR count). The lowest BCUT2D eigenvalue weighted by atomic mass is 9.90. The fraction of sp³-hybridized carbons (Fsp3) is 0.422. The van der Waals surface area contributed by atoms with Gasteiger partial charge in [0.2, 0.25) is 0 Å². The number of hydrogen-bond acceptors (Lipinski definition) is 18. The number of benzene rings is 4. The fourth-order valence-electron chi connectivity index (χ4n) is 12.5. The summed E-state index contributed by atoms with van der Waals surface area (Å²) in [6, 6.07) is 36.0. The van der Waals surface area contributed by atoms with Gasteiger partial charge in [-0.3, -0.25) is 24.2 Å². The van der Waals surface area contributed by atoms with Gasteiger partial charge in [0.15, 0.2) is 17.1 Å². The van der Waals surface area contributed by atoms with Gasteiger partial charge in [0.05, 0.1) is 35.4 Å². The number of rotatable bonds is 12. The maximum Gasteiger partial charge on any atom is 0.300 e. The van der Waals surface area contributed by atoms with Crippen molar-refractivity contribution in [3.8, 4) is 28.3 Å². The molecule has 5 aliphatic rings. The first-order chi connectivity index (χ1) is 41.7. The number of aromatic nitrogens is 8. The smallest absolute Gasteiger partial charge is 0.300 e. The number of nitrogens with two attached hydrogens (primary N) is 2. The Kier molecular flexibility index (Phi) is 19.8. The summed E-state index contributed by atoms with van der Waals surface area (Å²) < 4.78 is 10.1. The highest BCUT2D eigenvalue weighted by atomic mass is 16.5. The van der Waals surface area contributed by atoms with Crippen LogP contribution in [0.15, 0.2) is 116 Å². The molecule has 8 aromatic rings. The number of likely N-dealkylation sites (N-methyl/N-ethyl adjacent to an activating group) is 2. The second kappa shape index (κ2) is 28.1. The minimum Gasteiger partial charge on any atom is -0.491 e. The van der Waals surface area contributed by atoms with Crippen LogP contribution in [0.25, 0.3) is 44.6 Å². The second-order valence-electron chi connectivity index (χ2n) is 23.0. The zero-order chi connectivity index (χ0) is 60.3. The molecule has 4 fully saturated rings. The molecule has 1 unspecified atom stereocenters. The monoisotopic (exact) mass is 1170 g/mol. The number of ketones is 1. The van der Waals surface area contributed by atoms with Gasteiger partial charge in [0.25, 0.3) is 11.9 Å². The SMILES string of the molecule is CC(=O)O.CC(=O)O.CN1CCN(C2CCC(n3nc(-c4ccc(NC5COc6ccccc65)cc4)c4c(N)ncnc43)CC2)CC1.CN1CCN(C2CCC(n3nc(-c4ccc(NCC(=O)c5ccccc5)cc4)c4c(N)ncnc43)CC2)CC1. The molecule has 0 amide bonds. The molecular weight excluding hydrogens is 1090 g/mol. The third-order valence-electron chi connectivity index (χ3n) is 17.1. The Bertz CT molecular complexity index is 3530. The molecular formula is C64H80N16O6. The van der Waals surface area contributed by atoms with Gasteiger partial charge < -0.3 is 46.9 Å². The Balaban J connectivity index is 0.000000170. The average molecular weight is 1170 g/mol. The van der Waals surface area contributed by atoms with Crippen LogP contribution in [0, 0.1) is 0 Å². The number of piperazine rings is 2. The molecule has 0 bridgehead atoms. The summed E-state index contributed by atoms with van der Waals surface area (Å²) in [5, 5.41) is 33.5. The third kappa shape index (κ3) is 14.7. The number of carbonyl (C=O) groups excluding carboxylic acids is 1. The molecule has 22 heteroatoms. The molecule has 452 valence electrons. The highest BCUT2D eigenvalue weighted by Crippen LogP contribution is 2.40. The van der Waals surface area contributed by atoms with E-state index < -0.39 is 11.9 Å². The topological polar surface area (TPSA) is 277 Å². The lowest BCUT2D eigenvalue weighted by Crippen LogP contribution is -2.49. The average Bonchev–Trinajstić information content (AvgIpc) is 2.21. The lowest BCUT2D eigenvalue weighted by Gasteiger charge is -2.41. The Morgan fingerprint density at radius 1 is 0.547 bits per heavy atom. The van der Waals surface area contributed by atoms with Crippen LogP contribution in [0.4, 0.5) is 23.0 Å². The maximum absolute atomic E-state index is 12.5. The Labute approximate surface area is 501 Å². The number of ether oxygens (including phenoxy) is 1. The number of nitrogens with zero attached hydrogens (tertiary/aromatic N) is 12. The predicted octanol–water partition coefficient (Wildman–Crippen LogP) is 8.64. The molecule has 4 aromatic carbocycles. The largest absolute Gasteiger partial charge is 0.491 e. The van der Waals surface area contributed by atoms with Crippen molar-refractivity contribution in [3.63, 3.8) is 0 Å². The zero-order valence-electron chi connectivity index (χ0n) is 49.6. The Hall–Kier alpha value is -8.57. The standard InChI is InChI=1S/2C30H36N8O.2C2H4O2/c1-36-14-16-37(17-15-36)22-10-12-23(13-11-22)38-30-27(29(31)32-19-33-30)28(35-38)20-6-8-21(9-7-20)34-25-18-39-26-5-3-2-4-24(25)26;1-36-15-17-37(18-16-36)24-11-13-25(14-12-24)38-30-27(29(31)33-20-34-30)28(35-38)22-7-9-23(10-8-22)32-19-26(39)21-5-3-2-4-6-21;2*1-2(3)4/h2-9,19,22-23,25,34H,10-18H2,1H3,(H2,31,32,33);2-10,20,24-25,32H,11-19H2,1H3,(H2,31,33,34);2*1H3,(H,3,4). The van der Waals surface area contributed by atoms with E-state index in [4.69, 9.17) is 46.2 Å². The van der Waals surface area contributed by atoms with E-state index in [1.807, 2.05) is 66.7 Å². The predicted molar refractivity (Wildman–Crippen MR) is 335 cm³/mol. The van der Waals surface area contributed by atoms with Crippen molar-refractivity contribution in [2.75, 3.05) is 102 Å². The van der Waals surface area contributed by atoms with Gasteiger partial charge in [-0.05, 0) is 95.8 Å². The summed E-state index contributed by atoms with van der Waals surface area (Å²) in [4.78, 5) is 58.5. The number of Topliss-reactive ketones (excluding diaryl/α,β-unsaturated/α-hetero) is 1. The van der Waals surface area contributed by atoms with E-state index in [1.165, 1.54) is 63.8 Å². The van der Waals surface area contributed by atoms with Crippen LogP contribution in [0.3, 0.4) is 0 Å². The molecule has 0 spiro atoms. The fourth-order valence-corrected chi connectivity index (χ4v) is 12.5. The van der Waals surface area contributed by atoms with Gasteiger partial charge in [0.1, 0.15) is 48.0 Å². The number of fused-ring (bicyclic) bond motifs is 3. The van der Waals surface area contributed by atoms with Crippen molar-refractivity contribution < 1.29 is 29.3 Å². The molecule has 2 aliphatic carbocycles. The minimum atomic E-state index is -0.833. The lowest BCUT2D eigenvalue weighted by molar-refractivity contribution is -0.135. The van der Waals surface area contributed by atoms with Crippen molar-refractivity contribution in [2.24, 2.45) is 0 Å². The normalized spacial score (nSPS) is 20.9. The van der Waals surface area contributed by atoms with Crippen LogP contribution >= 0.6 is 0 Å². The summed E-state index contributed by atoms with van der Waals surface area (Å²) >= 11 is 0. The number of carboxylic acid groups (broad SMARTS) is 2. The van der Waals surface area contributed by atoms with E-state index in [2.05, 4.69) is 110 Å². The first-order valence-corrected chi connectivity index (χ1v) is 29.9. The third-order valence-corrected chi connectivity index (χ3v) is 17.1. The molecule has 2 saturated carbocycles. The number of nitrogens with one attached hydrogen (secondary N) is 2. The number of carboxylic acids is 2. The minimum absolute atomic E-state index is 0.0525. The van der Waals surface area contributed by atoms with E-state index in [0.29, 0.717) is 48.0 Å². The van der Waals surface area contributed by atoms with Crippen molar-refractivity contribution in [1.29, 1.82) is 0 Å². The number of nitrogen functional groups attached to an aromatic ring is 2. The molecule has 86 heavy (non-hydrogen) atoms. The summed E-state index contributed by atoms with van der Waals surface area (Å²) in [5.74, 6) is 0.269. The number of aliphatic carboxylic acids is 2. The van der Waals surface area contributed by atoms with Crippen molar-refractivity contribution in [1.82, 2.24) is 59.1 Å². The molecule has 1 atom stereocenters. The summed E-state index contributed by atoms with van der Waals surface area (Å²) in [6.07, 6.45) is 12.2. The van der Waals surface area contributed by atoms with Gasteiger partial charge in [-0.15, -0.1) is 0 Å². The molecule has 0 radical (unpaired) electrons. The zero-order valence-corrected chi connectivity index (χ0v) is 49.6. The Morgan fingerprint density at radius 2 is 0.965 bits per heavy atom. The second-order valence-corrected chi connectivity index (χ2v) is 23.0.